The molecule has 0 bridgehead atoms. The van der Waals surface area contributed by atoms with Gasteiger partial charge in [0.05, 0.1) is 6.54 Å². The summed E-state index contributed by atoms with van der Waals surface area (Å²) in [7, 11) is 0. The Morgan fingerprint density at radius 3 is 2.25 bits per heavy atom. The molecule has 0 radical (unpaired) electrons. The van der Waals surface area contributed by atoms with Crippen LogP contribution in [0.25, 0.3) is 0 Å². The summed E-state index contributed by atoms with van der Waals surface area (Å²) >= 11 is 0. The highest BCUT2D eigenvalue weighted by molar-refractivity contribution is 5.16. The van der Waals surface area contributed by atoms with Crippen molar-refractivity contribution in [3.63, 3.8) is 0 Å². The van der Waals surface area contributed by atoms with Gasteiger partial charge in [0.1, 0.15) is 0 Å². The molecule has 2 heterocycles. The minimum Gasteiger partial charge on any atom is -0.329 e. The van der Waals surface area contributed by atoms with Gasteiger partial charge in [-0.15, -0.1) is 0 Å². The minimum atomic E-state index is -4.12. The minimum absolute atomic E-state index is 0.0473. The van der Waals surface area contributed by atoms with Gasteiger partial charge in [-0.1, -0.05) is 0 Å². The monoisotopic (exact) mass is 288 g/mol. The summed E-state index contributed by atoms with van der Waals surface area (Å²) in [5.41, 5.74) is 6.88. The third-order valence-electron chi connectivity index (χ3n) is 3.56. The van der Waals surface area contributed by atoms with Gasteiger partial charge in [0.15, 0.2) is 0 Å². The second kappa shape index (κ2) is 6.51. The van der Waals surface area contributed by atoms with Crippen molar-refractivity contribution in [1.29, 1.82) is 0 Å². The molecule has 0 aromatic carbocycles. The van der Waals surface area contributed by atoms with E-state index in [1.165, 1.54) is 4.90 Å². The number of aromatic nitrogens is 1. The Morgan fingerprint density at radius 2 is 1.75 bits per heavy atom. The smallest absolute Gasteiger partial charge is 0.329 e. The Morgan fingerprint density at radius 1 is 1.15 bits per heavy atom. The Labute approximate surface area is 116 Å². The Balaban J connectivity index is 1.92. The number of nitrogens with zero attached hydrogens (tertiary/aromatic N) is 3. The van der Waals surface area contributed by atoms with Gasteiger partial charge in [-0.25, -0.2) is 0 Å². The average Bonchev–Trinajstić information content (AvgIpc) is 2.41. The number of piperazine rings is 1. The maximum Gasteiger partial charge on any atom is 0.401 e. The Bertz CT molecular complexity index is 402. The molecule has 1 saturated heterocycles. The van der Waals surface area contributed by atoms with Gasteiger partial charge < -0.3 is 5.73 Å². The maximum absolute atomic E-state index is 12.3. The number of pyridine rings is 1. The van der Waals surface area contributed by atoms with Crippen LogP contribution in [0.3, 0.4) is 0 Å². The van der Waals surface area contributed by atoms with Crippen LogP contribution < -0.4 is 5.73 Å². The molecule has 0 saturated carbocycles. The Hall–Kier alpha value is -1.18. The summed E-state index contributed by atoms with van der Waals surface area (Å²) in [4.78, 5) is 7.55. The van der Waals surface area contributed by atoms with Gasteiger partial charge >= 0.3 is 6.18 Å². The van der Waals surface area contributed by atoms with Crippen LogP contribution >= 0.6 is 0 Å². The number of rotatable bonds is 4. The second-order valence-corrected chi connectivity index (χ2v) is 4.96. The summed E-state index contributed by atoms with van der Waals surface area (Å²) in [6.07, 6.45) is -0.712. The summed E-state index contributed by atoms with van der Waals surface area (Å²) in [6, 6.07) is 3.85. The lowest BCUT2D eigenvalue weighted by atomic mass is 10.1. The van der Waals surface area contributed by atoms with Gasteiger partial charge in [-0.2, -0.15) is 13.2 Å². The highest BCUT2D eigenvalue weighted by Gasteiger charge is 2.33. The zero-order valence-electron chi connectivity index (χ0n) is 11.2. The molecule has 1 atom stereocenters. The summed E-state index contributed by atoms with van der Waals surface area (Å²) in [5.74, 6) is 0. The lowest BCUT2D eigenvalue weighted by molar-refractivity contribution is -0.149. The molecule has 20 heavy (non-hydrogen) atoms. The fraction of sp³-hybridized carbons (Fsp3) is 0.615. The van der Waals surface area contributed by atoms with Crippen molar-refractivity contribution in [3.8, 4) is 0 Å². The van der Waals surface area contributed by atoms with Crippen LogP contribution in [-0.4, -0.2) is 60.2 Å². The van der Waals surface area contributed by atoms with Gasteiger partial charge in [-0.05, 0) is 17.7 Å². The highest BCUT2D eigenvalue weighted by atomic mass is 19.4. The fourth-order valence-electron chi connectivity index (χ4n) is 2.57. The van der Waals surface area contributed by atoms with Gasteiger partial charge in [0, 0.05) is 51.2 Å². The molecule has 112 valence electrons. The lowest BCUT2D eigenvalue weighted by Gasteiger charge is -2.39. The molecule has 1 aliphatic heterocycles. The van der Waals surface area contributed by atoms with Crippen LogP contribution in [0, 0.1) is 0 Å². The Kier molecular flexibility index (Phi) is 4.95. The van der Waals surface area contributed by atoms with E-state index in [4.69, 9.17) is 5.73 Å². The quantitative estimate of drug-likeness (QED) is 0.906. The molecule has 1 unspecified atom stereocenters. The van der Waals surface area contributed by atoms with Crippen molar-refractivity contribution >= 4 is 0 Å². The van der Waals surface area contributed by atoms with E-state index in [1.807, 2.05) is 12.1 Å². The van der Waals surface area contributed by atoms with Crippen LogP contribution in [0.2, 0.25) is 0 Å². The van der Waals surface area contributed by atoms with E-state index in [2.05, 4.69) is 9.88 Å². The molecule has 0 aliphatic carbocycles. The standard InChI is InChI=1S/C13H19F3N4/c14-13(15,16)10-19-5-7-20(8-6-19)12(9-17)11-1-3-18-4-2-11/h1-4,12H,5-10,17H2. The molecule has 7 heteroatoms. The molecule has 4 nitrogen and oxygen atoms in total. The van der Waals surface area contributed by atoms with E-state index in [-0.39, 0.29) is 6.04 Å². The fourth-order valence-corrected chi connectivity index (χ4v) is 2.57. The molecule has 2 rings (SSSR count). The molecular formula is C13H19F3N4. The third-order valence-corrected chi connectivity index (χ3v) is 3.56. The number of hydrogen-bond acceptors (Lipinski definition) is 4. The lowest BCUT2D eigenvalue weighted by Crippen LogP contribution is -2.51. The molecule has 1 aliphatic rings. The van der Waals surface area contributed by atoms with E-state index < -0.39 is 12.7 Å². The van der Waals surface area contributed by atoms with Crippen molar-refractivity contribution in [1.82, 2.24) is 14.8 Å². The van der Waals surface area contributed by atoms with Crippen LogP contribution in [0.4, 0.5) is 13.2 Å². The van der Waals surface area contributed by atoms with Crippen LogP contribution in [0.15, 0.2) is 24.5 Å². The molecule has 0 amide bonds. The summed E-state index contributed by atoms with van der Waals surface area (Å²) < 4.78 is 37.0. The average molecular weight is 288 g/mol. The summed E-state index contributed by atoms with van der Waals surface area (Å²) in [5, 5.41) is 0. The largest absolute Gasteiger partial charge is 0.401 e. The van der Waals surface area contributed by atoms with Gasteiger partial charge in [0.25, 0.3) is 0 Å². The third kappa shape index (κ3) is 4.16. The van der Waals surface area contributed by atoms with Crippen molar-refractivity contribution < 1.29 is 13.2 Å². The molecule has 1 aromatic heterocycles. The normalized spacial score (nSPS) is 20.0. The highest BCUT2D eigenvalue weighted by Crippen LogP contribution is 2.22. The first kappa shape index (κ1) is 15.2. The summed E-state index contributed by atoms with van der Waals surface area (Å²) in [6.45, 7) is 1.65. The van der Waals surface area contributed by atoms with Gasteiger partial charge in [-0.3, -0.25) is 14.8 Å². The first-order chi connectivity index (χ1) is 9.49. The van der Waals surface area contributed by atoms with E-state index in [0.717, 1.165) is 5.56 Å². The molecule has 1 fully saturated rings. The number of halogens is 3. The van der Waals surface area contributed by atoms with Gasteiger partial charge in [0.2, 0.25) is 0 Å². The van der Waals surface area contributed by atoms with E-state index >= 15 is 0 Å². The van der Waals surface area contributed by atoms with E-state index in [1.54, 1.807) is 12.4 Å². The van der Waals surface area contributed by atoms with Crippen LogP contribution in [0.1, 0.15) is 11.6 Å². The van der Waals surface area contributed by atoms with Crippen molar-refractivity contribution in [3.05, 3.63) is 30.1 Å². The SMILES string of the molecule is NCC(c1ccncc1)N1CCN(CC(F)(F)F)CC1. The van der Waals surface area contributed by atoms with E-state index in [0.29, 0.717) is 32.7 Å². The van der Waals surface area contributed by atoms with Crippen molar-refractivity contribution in [2.24, 2.45) is 5.73 Å². The zero-order valence-corrected chi connectivity index (χ0v) is 11.2. The van der Waals surface area contributed by atoms with Crippen molar-refractivity contribution in [2.75, 3.05) is 39.3 Å². The van der Waals surface area contributed by atoms with E-state index in [9.17, 15) is 13.2 Å². The number of nitrogens with two attached hydrogens (primary N) is 1. The number of alkyl halides is 3. The molecule has 0 spiro atoms. The zero-order chi connectivity index (χ0) is 14.6. The van der Waals surface area contributed by atoms with Crippen LogP contribution in [-0.2, 0) is 0 Å². The molecule has 1 aromatic rings. The van der Waals surface area contributed by atoms with Crippen LogP contribution in [0.5, 0.6) is 0 Å². The predicted octanol–water partition coefficient (Wildman–Crippen LogP) is 1.26. The maximum atomic E-state index is 12.3. The number of hydrogen-bond donors (Lipinski definition) is 1. The van der Waals surface area contributed by atoms with Crippen molar-refractivity contribution in [2.45, 2.75) is 12.2 Å². The second-order valence-electron chi connectivity index (χ2n) is 4.96. The molecular weight excluding hydrogens is 269 g/mol. The topological polar surface area (TPSA) is 45.4 Å². The first-order valence-corrected chi connectivity index (χ1v) is 6.63. The first-order valence-electron chi connectivity index (χ1n) is 6.63. The predicted molar refractivity (Wildman–Crippen MR) is 70.1 cm³/mol. The molecule has 2 N–H and O–H groups in total.